The molecule has 0 saturated carbocycles. The zero-order chi connectivity index (χ0) is 14.8. The van der Waals surface area contributed by atoms with Gasteiger partial charge in [-0.15, -0.1) is 0 Å². The number of halogens is 1. The second kappa shape index (κ2) is 5.19. The smallest absolute Gasteiger partial charge is 0.261 e. The number of anilines is 2. The van der Waals surface area contributed by atoms with Gasteiger partial charge in [-0.3, -0.25) is 4.72 Å². The van der Waals surface area contributed by atoms with Crippen molar-refractivity contribution >= 4 is 21.4 Å². The number of hydrogen-bond acceptors (Lipinski definition) is 4. The van der Waals surface area contributed by atoms with Crippen LogP contribution in [0.2, 0.25) is 0 Å². The number of nitrogens with one attached hydrogen (secondary N) is 1. The Labute approximate surface area is 115 Å². The van der Waals surface area contributed by atoms with Crippen LogP contribution < -0.4 is 10.5 Å². The lowest BCUT2D eigenvalue weighted by Crippen LogP contribution is -2.14. The standard InChI is InChI=1S/C13H10FN3O2S/c14-10-2-4-11(5-3-10)20(18,19)17-13-6-1-9(8-15)7-12(13)16/h1-7,17H,16H2. The summed E-state index contributed by atoms with van der Waals surface area (Å²) in [6.45, 7) is 0. The number of sulfonamides is 1. The second-order valence-electron chi connectivity index (χ2n) is 3.97. The fourth-order valence-electron chi connectivity index (χ4n) is 1.54. The van der Waals surface area contributed by atoms with Crippen molar-refractivity contribution in [3.05, 3.63) is 53.8 Å². The Hall–Kier alpha value is -2.59. The molecular formula is C13H10FN3O2S. The summed E-state index contributed by atoms with van der Waals surface area (Å²) in [5, 5.41) is 8.71. The first-order valence-corrected chi connectivity index (χ1v) is 6.99. The minimum Gasteiger partial charge on any atom is -0.397 e. The maximum Gasteiger partial charge on any atom is 0.261 e. The molecule has 0 fully saturated rings. The number of nitriles is 1. The molecule has 0 atom stereocenters. The average Bonchev–Trinajstić information content (AvgIpc) is 2.41. The highest BCUT2D eigenvalue weighted by Gasteiger charge is 2.15. The number of hydrogen-bond donors (Lipinski definition) is 2. The Morgan fingerprint density at radius 3 is 2.35 bits per heavy atom. The summed E-state index contributed by atoms with van der Waals surface area (Å²) in [6.07, 6.45) is 0. The molecule has 0 heterocycles. The van der Waals surface area contributed by atoms with Crippen LogP contribution in [-0.4, -0.2) is 8.42 Å². The van der Waals surface area contributed by atoms with Crippen molar-refractivity contribution < 1.29 is 12.8 Å². The summed E-state index contributed by atoms with van der Waals surface area (Å²) in [6, 6.07) is 10.5. The van der Waals surface area contributed by atoms with Crippen LogP contribution in [0, 0.1) is 17.1 Å². The third kappa shape index (κ3) is 2.87. The molecule has 2 aromatic carbocycles. The highest BCUT2D eigenvalue weighted by molar-refractivity contribution is 7.92. The topological polar surface area (TPSA) is 96.0 Å². The molecule has 0 saturated heterocycles. The fraction of sp³-hybridized carbons (Fsp3) is 0. The van der Waals surface area contributed by atoms with Crippen LogP contribution in [0.15, 0.2) is 47.4 Å². The number of nitrogen functional groups attached to an aromatic ring is 1. The molecule has 0 bridgehead atoms. The Morgan fingerprint density at radius 1 is 1.15 bits per heavy atom. The lowest BCUT2D eigenvalue weighted by molar-refractivity contribution is 0.599. The molecule has 0 unspecified atom stereocenters. The van der Waals surface area contributed by atoms with E-state index in [0.29, 0.717) is 5.56 Å². The van der Waals surface area contributed by atoms with Gasteiger partial charge in [-0.25, -0.2) is 12.8 Å². The van der Waals surface area contributed by atoms with Gasteiger partial charge in [0.1, 0.15) is 5.82 Å². The predicted octanol–water partition coefficient (Wildman–Crippen LogP) is 2.08. The van der Waals surface area contributed by atoms with Crippen LogP contribution >= 0.6 is 0 Å². The first-order valence-electron chi connectivity index (χ1n) is 5.50. The van der Waals surface area contributed by atoms with Crippen molar-refractivity contribution in [2.45, 2.75) is 4.90 Å². The third-order valence-corrected chi connectivity index (χ3v) is 3.93. The fourth-order valence-corrected chi connectivity index (χ4v) is 2.63. The minimum absolute atomic E-state index is 0.0809. The van der Waals surface area contributed by atoms with Gasteiger partial charge in [0.25, 0.3) is 10.0 Å². The Morgan fingerprint density at radius 2 is 1.80 bits per heavy atom. The number of benzene rings is 2. The molecule has 7 heteroatoms. The second-order valence-corrected chi connectivity index (χ2v) is 5.66. The molecule has 20 heavy (non-hydrogen) atoms. The highest BCUT2D eigenvalue weighted by Crippen LogP contribution is 2.23. The molecule has 0 aliphatic heterocycles. The van der Waals surface area contributed by atoms with E-state index in [0.717, 1.165) is 24.3 Å². The first-order chi connectivity index (χ1) is 9.42. The van der Waals surface area contributed by atoms with Gasteiger partial charge in [0, 0.05) is 0 Å². The molecule has 0 radical (unpaired) electrons. The van der Waals surface area contributed by atoms with Crippen LogP contribution in [0.25, 0.3) is 0 Å². The molecule has 2 aromatic rings. The zero-order valence-electron chi connectivity index (χ0n) is 10.2. The van der Waals surface area contributed by atoms with Crippen molar-refractivity contribution in [2.75, 3.05) is 10.5 Å². The van der Waals surface area contributed by atoms with Gasteiger partial charge in [-0.1, -0.05) is 0 Å². The monoisotopic (exact) mass is 291 g/mol. The summed E-state index contributed by atoms with van der Waals surface area (Å²) in [7, 11) is -3.85. The molecule has 0 aliphatic rings. The summed E-state index contributed by atoms with van der Waals surface area (Å²) in [5.41, 5.74) is 6.29. The Kier molecular flexibility index (Phi) is 3.59. The molecule has 0 spiro atoms. The van der Waals surface area contributed by atoms with Gasteiger partial charge in [-0.2, -0.15) is 5.26 Å². The van der Waals surface area contributed by atoms with Gasteiger partial charge in [0.15, 0.2) is 0 Å². The summed E-state index contributed by atoms with van der Waals surface area (Å²) < 4.78 is 39.2. The van der Waals surface area contributed by atoms with Gasteiger partial charge >= 0.3 is 0 Å². The Balaban J connectivity index is 2.34. The summed E-state index contributed by atoms with van der Waals surface area (Å²) in [4.78, 5) is -0.0809. The van der Waals surface area contributed by atoms with E-state index in [4.69, 9.17) is 11.0 Å². The van der Waals surface area contributed by atoms with Gasteiger partial charge in [0.2, 0.25) is 0 Å². The molecule has 5 nitrogen and oxygen atoms in total. The van der Waals surface area contributed by atoms with Crippen molar-refractivity contribution in [1.82, 2.24) is 0 Å². The lowest BCUT2D eigenvalue weighted by Gasteiger charge is -2.10. The largest absolute Gasteiger partial charge is 0.397 e. The molecule has 3 N–H and O–H groups in total. The molecule has 102 valence electrons. The minimum atomic E-state index is -3.85. The predicted molar refractivity (Wildman–Crippen MR) is 72.8 cm³/mol. The number of nitrogens with two attached hydrogens (primary N) is 1. The lowest BCUT2D eigenvalue weighted by atomic mass is 10.2. The van der Waals surface area contributed by atoms with E-state index >= 15 is 0 Å². The van der Waals surface area contributed by atoms with E-state index in [1.807, 2.05) is 6.07 Å². The van der Waals surface area contributed by atoms with Gasteiger partial charge in [-0.05, 0) is 42.5 Å². The van der Waals surface area contributed by atoms with E-state index in [9.17, 15) is 12.8 Å². The van der Waals surface area contributed by atoms with Crippen LogP contribution in [0.3, 0.4) is 0 Å². The summed E-state index contributed by atoms with van der Waals surface area (Å²) >= 11 is 0. The average molecular weight is 291 g/mol. The van der Waals surface area contributed by atoms with E-state index < -0.39 is 15.8 Å². The molecular weight excluding hydrogens is 281 g/mol. The van der Waals surface area contributed by atoms with E-state index in [1.54, 1.807) is 0 Å². The van der Waals surface area contributed by atoms with Crippen molar-refractivity contribution in [2.24, 2.45) is 0 Å². The first kappa shape index (κ1) is 13.8. The summed E-state index contributed by atoms with van der Waals surface area (Å²) in [5.74, 6) is -0.526. The van der Waals surface area contributed by atoms with Crippen LogP contribution in [0.5, 0.6) is 0 Å². The van der Waals surface area contributed by atoms with Crippen LogP contribution in [-0.2, 0) is 10.0 Å². The van der Waals surface area contributed by atoms with Crippen molar-refractivity contribution in [3.63, 3.8) is 0 Å². The number of nitrogens with zero attached hydrogens (tertiary/aromatic N) is 1. The van der Waals surface area contributed by atoms with Gasteiger partial charge in [0.05, 0.1) is 27.9 Å². The quantitative estimate of drug-likeness (QED) is 0.846. The van der Waals surface area contributed by atoms with Crippen molar-refractivity contribution in [1.29, 1.82) is 5.26 Å². The molecule has 0 amide bonds. The zero-order valence-corrected chi connectivity index (χ0v) is 11.0. The number of rotatable bonds is 3. The maximum atomic E-state index is 12.8. The van der Waals surface area contributed by atoms with Crippen LogP contribution in [0.4, 0.5) is 15.8 Å². The third-order valence-electron chi connectivity index (χ3n) is 2.55. The molecule has 2 rings (SSSR count). The highest BCUT2D eigenvalue weighted by atomic mass is 32.2. The van der Waals surface area contributed by atoms with E-state index in [-0.39, 0.29) is 16.3 Å². The van der Waals surface area contributed by atoms with E-state index in [1.165, 1.54) is 18.2 Å². The maximum absolute atomic E-state index is 12.8. The van der Waals surface area contributed by atoms with E-state index in [2.05, 4.69) is 4.72 Å². The molecule has 0 aliphatic carbocycles. The van der Waals surface area contributed by atoms with Gasteiger partial charge < -0.3 is 5.73 Å². The van der Waals surface area contributed by atoms with Crippen LogP contribution in [0.1, 0.15) is 5.56 Å². The Bertz CT molecular complexity index is 780. The normalized spacial score (nSPS) is 10.8. The van der Waals surface area contributed by atoms with Crippen molar-refractivity contribution in [3.8, 4) is 6.07 Å². The SMILES string of the molecule is N#Cc1ccc(NS(=O)(=O)c2ccc(F)cc2)c(N)c1. The molecule has 0 aromatic heterocycles.